The van der Waals surface area contributed by atoms with Crippen molar-refractivity contribution in [3.05, 3.63) is 34.6 Å². The highest BCUT2D eigenvalue weighted by molar-refractivity contribution is 6.30. The van der Waals surface area contributed by atoms with Crippen LogP contribution >= 0.6 is 11.6 Å². The van der Waals surface area contributed by atoms with Crippen molar-refractivity contribution in [3.63, 3.8) is 0 Å². The van der Waals surface area contributed by atoms with Crippen LogP contribution in [0.25, 0.3) is 0 Å². The van der Waals surface area contributed by atoms with Gasteiger partial charge in [0, 0.05) is 43.4 Å². The lowest BCUT2D eigenvalue weighted by atomic mass is 9.98. The van der Waals surface area contributed by atoms with Gasteiger partial charge in [-0.2, -0.15) is 0 Å². The molecule has 3 nitrogen and oxygen atoms in total. The van der Waals surface area contributed by atoms with Gasteiger partial charge in [0.1, 0.15) is 5.82 Å². The summed E-state index contributed by atoms with van der Waals surface area (Å²) in [4.78, 5) is 2.22. The lowest BCUT2D eigenvalue weighted by Gasteiger charge is -2.38. The van der Waals surface area contributed by atoms with E-state index in [0.717, 1.165) is 19.4 Å². The van der Waals surface area contributed by atoms with E-state index in [1.54, 1.807) is 19.2 Å². The molecule has 0 amide bonds. The smallest absolute Gasteiger partial charge is 0.129 e. The molecule has 2 unspecified atom stereocenters. The van der Waals surface area contributed by atoms with E-state index >= 15 is 0 Å². The Hall–Kier alpha value is -0.680. The fourth-order valence-corrected chi connectivity index (χ4v) is 2.76. The summed E-state index contributed by atoms with van der Waals surface area (Å²) < 4.78 is 19.2. The molecule has 0 aromatic heterocycles. The maximum absolute atomic E-state index is 13.8. The van der Waals surface area contributed by atoms with Crippen LogP contribution in [0.3, 0.4) is 0 Å². The number of hydrogen-bond acceptors (Lipinski definition) is 3. The van der Waals surface area contributed by atoms with E-state index in [-0.39, 0.29) is 18.0 Å². The summed E-state index contributed by atoms with van der Waals surface area (Å²) in [6.07, 6.45) is 2.13. The molecule has 2 rings (SSSR count). The SMILES string of the molecule is COC1CCN(Cc2ccc(Cl)cc2F)C(CN)C1. The number of ether oxygens (including phenoxy) is 1. The Kier molecular flexibility index (Phi) is 5.16. The molecule has 1 aromatic rings. The van der Waals surface area contributed by atoms with E-state index in [4.69, 9.17) is 22.1 Å². The van der Waals surface area contributed by atoms with Crippen molar-refractivity contribution in [2.45, 2.75) is 31.5 Å². The van der Waals surface area contributed by atoms with Crippen molar-refractivity contribution in [2.24, 2.45) is 5.73 Å². The fourth-order valence-electron chi connectivity index (χ4n) is 2.60. The first-order valence-electron chi connectivity index (χ1n) is 6.55. The molecule has 1 aliphatic rings. The van der Waals surface area contributed by atoms with Crippen molar-refractivity contribution in [1.82, 2.24) is 4.90 Å². The molecule has 19 heavy (non-hydrogen) atoms. The number of nitrogens with zero attached hydrogens (tertiary/aromatic N) is 1. The average Bonchev–Trinajstić information content (AvgIpc) is 2.42. The largest absolute Gasteiger partial charge is 0.381 e. The Labute approximate surface area is 118 Å². The molecular weight excluding hydrogens is 267 g/mol. The summed E-state index contributed by atoms with van der Waals surface area (Å²) in [5.74, 6) is -0.253. The maximum Gasteiger partial charge on any atom is 0.129 e. The Morgan fingerprint density at radius 3 is 2.95 bits per heavy atom. The minimum absolute atomic E-state index is 0.244. The maximum atomic E-state index is 13.8. The second-order valence-electron chi connectivity index (χ2n) is 4.98. The molecule has 1 saturated heterocycles. The number of methoxy groups -OCH3 is 1. The Morgan fingerprint density at radius 1 is 1.53 bits per heavy atom. The number of benzene rings is 1. The number of likely N-dealkylation sites (tertiary alicyclic amines) is 1. The van der Waals surface area contributed by atoms with Gasteiger partial charge >= 0.3 is 0 Å². The Morgan fingerprint density at radius 2 is 2.32 bits per heavy atom. The molecule has 0 spiro atoms. The molecule has 1 fully saturated rings. The lowest BCUT2D eigenvalue weighted by molar-refractivity contribution is 0.00988. The number of hydrogen-bond donors (Lipinski definition) is 1. The van der Waals surface area contributed by atoms with E-state index in [1.807, 2.05) is 0 Å². The van der Waals surface area contributed by atoms with Gasteiger partial charge in [0.2, 0.25) is 0 Å². The summed E-state index contributed by atoms with van der Waals surface area (Å²) in [5.41, 5.74) is 6.48. The van der Waals surface area contributed by atoms with Gasteiger partial charge in [-0.3, -0.25) is 4.90 Å². The van der Waals surface area contributed by atoms with E-state index in [1.165, 1.54) is 6.07 Å². The molecule has 0 radical (unpaired) electrons. The summed E-state index contributed by atoms with van der Waals surface area (Å²) >= 11 is 5.76. The zero-order chi connectivity index (χ0) is 13.8. The average molecular weight is 287 g/mol. The summed E-state index contributed by atoms with van der Waals surface area (Å²) in [6.45, 7) is 2.01. The molecule has 5 heteroatoms. The summed E-state index contributed by atoms with van der Waals surface area (Å²) in [6, 6.07) is 5.07. The highest BCUT2D eigenvalue weighted by Gasteiger charge is 2.27. The van der Waals surface area contributed by atoms with E-state index in [9.17, 15) is 4.39 Å². The highest BCUT2D eigenvalue weighted by atomic mass is 35.5. The van der Waals surface area contributed by atoms with Crippen molar-refractivity contribution >= 4 is 11.6 Å². The zero-order valence-electron chi connectivity index (χ0n) is 11.1. The Bertz CT molecular complexity index is 430. The standard InChI is InChI=1S/C14H20ClFN2O/c1-19-13-4-5-18(12(7-13)8-17)9-10-2-3-11(15)6-14(10)16/h2-3,6,12-13H,4-5,7-9,17H2,1H3. The van der Waals surface area contributed by atoms with Gasteiger partial charge in [0.05, 0.1) is 6.10 Å². The number of piperidine rings is 1. The monoisotopic (exact) mass is 286 g/mol. The first-order chi connectivity index (χ1) is 9.13. The van der Waals surface area contributed by atoms with Crippen LogP contribution in [0, 0.1) is 5.82 Å². The normalized spacial score (nSPS) is 24.6. The number of rotatable bonds is 4. The Balaban J connectivity index is 2.05. The van der Waals surface area contributed by atoms with Crippen molar-refractivity contribution in [3.8, 4) is 0 Å². The molecule has 0 bridgehead atoms. The van der Waals surface area contributed by atoms with Crippen molar-refractivity contribution < 1.29 is 9.13 Å². The predicted octanol–water partition coefficient (Wildman–Crippen LogP) is 2.42. The van der Waals surface area contributed by atoms with Crippen molar-refractivity contribution in [1.29, 1.82) is 0 Å². The van der Waals surface area contributed by atoms with E-state index in [0.29, 0.717) is 23.7 Å². The van der Waals surface area contributed by atoms with Crippen LogP contribution in [0.15, 0.2) is 18.2 Å². The first-order valence-corrected chi connectivity index (χ1v) is 6.92. The predicted molar refractivity (Wildman–Crippen MR) is 74.7 cm³/mol. The van der Waals surface area contributed by atoms with Crippen LogP contribution in [0.5, 0.6) is 0 Å². The van der Waals surface area contributed by atoms with E-state index in [2.05, 4.69) is 4.90 Å². The van der Waals surface area contributed by atoms with Gasteiger partial charge in [0.15, 0.2) is 0 Å². The van der Waals surface area contributed by atoms with Gasteiger partial charge in [-0.05, 0) is 25.0 Å². The molecular formula is C14H20ClFN2O. The summed E-state index contributed by atoms with van der Waals surface area (Å²) in [5, 5.41) is 0.426. The molecule has 0 saturated carbocycles. The molecule has 0 aliphatic carbocycles. The number of nitrogens with two attached hydrogens (primary N) is 1. The van der Waals surface area contributed by atoms with Crippen molar-refractivity contribution in [2.75, 3.05) is 20.2 Å². The fraction of sp³-hybridized carbons (Fsp3) is 0.571. The van der Waals surface area contributed by atoms with Gasteiger partial charge in [-0.15, -0.1) is 0 Å². The number of halogens is 2. The third kappa shape index (κ3) is 3.66. The molecule has 2 N–H and O–H groups in total. The van der Waals surface area contributed by atoms with Crippen LogP contribution in [-0.4, -0.2) is 37.2 Å². The molecule has 2 atom stereocenters. The van der Waals surface area contributed by atoms with Gasteiger partial charge < -0.3 is 10.5 Å². The third-order valence-electron chi connectivity index (χ3n) is 3.78. The van der Waals surface area contributed by atoms with Gasteiger partial charge in [-0.1, -0.05) is 17.7 Å². The second-order valence-corrected chi connectivity index (χ2v) is 5.41. The minimum Gasteiger partial charge on any atom is -0.381 e. The van der Waals surface area contributed by atoms with Crippen LogP contribution in [0.4, 0.5) is 4.39 Å². The van der Waals surface area contributed by atoms with Crippen LogP contribution in [-0.2, 0) is 11.3 Å². The minimum atomic E-state index is -0.253. The van der Waals surface area contributed by atoms with Crippen LogP contribution < -0.4 is 5.73 Å². The zero-order valence-corrected chi connectivity index (χ0v) is 11.9. The molecule has 106 valence electrons. The molecule has 1 aliphatic heterocycles. The van der Waals surface area contributed by atoms with Gasteiger partial charge in [-0.25, -0.2) is 4.39 Å². The van der Waals surface area contributed by atoms with E-state index < -0.39 is 0 Å². The topological polar surface area (TPSA) is 38.5 Å². The van der Waals surface area contributed by atoms with Gasteiger partial charge in [0.25, 0.3) is 0 Å². The highest BCUT2D eigenvalue weighted by Crippen LogP contribution is 2.23. The van der Waals surface area contributed by atoms with Crippen LogP contribution in [0.2, 0.25) is 5.02 Å². The van der Waals surface area contributed by atoms with Crippen LogP contribution in [0.1, 0.15) is 18.4 Å². The molecule has 1 aromatic carbocycles. The third-order valence-corrected chi connectivity index (χ3v) is 4.02. The molecule has 1 heterocycles. The second kappa shape index (κ2) is 6.66. The lowest BCUT2D eigenvalue weighted by Crippen LogP contribution is -2.48. The quantitative estimate of drug-likeness (QED) is 0.924. The summed E-state index contributed by atoms with van der Waals surface area (Å²) in [7, 11) is 1.73. The first kappa shape index (κ1) is 14.7.